The Kier molecular flexibility index (Phi) is 6.41. The van der Waals surface area contributed by atoms with Crippen molar-refractivity contribution in [3.8, 4) is 0 Å². The zero-order valence-electron chi connectivity index (χ0n) is 18.3. The van der Waals surface area contributed by atoms with E-state index in [1.807, 2.05) is 19.1 Å². The van der Waals surface area contributed by atoms with Crippen molar-refractivity contribution in [2.45, 2.75) is 39.7 Å². The minimum atomic E-state index is -2.71. The molecular formula is C24H26F2N4O2. The van der Waals surface area contributed by atoms with Gasteiger partial charge in [-0.3, -0.25) is 24.5 Å². The van der Waals surface area contributed by atoms with E-state index >= 15 is 0 Å². The van der Waals surface area contributed by atoms with Gasteiger partial charge in [0.25, 0.3) is 6.43 Å². The number of Topliss-reactive ketones (excluding diaryl/α,β-unsaturated/α-hetero) is 2. The Labute approximate surface area is 186 Å². The van der Waals surface area contributed by atoms with Crippen molar-refractivity contribution < 1.29 is 18.4 Å². The zero-order valence-corrected chi connectivity index (χ0v) is 18.3. The smallest absolute Gasteiger partial charge is 0.266 e. The summed E-state index contributed by atoms with van der Waals surface area (Å²) < 4.78 is 26.9. The minimum absolute atomic E-state index is 0.0352. The summed E-state index contributed by atoms with van der Waals surface area (Å²) in [6.07, 6.45) is 1.24. The van der Waals surface area contributed by atoms with Gasteiger partial charge in [0.2, 0.25) is 0 Å². The number of piperazine rings is 1. The fourth-order valence-electron chi connectivity index (χ4n) is 4.27. The molecule has 0 bridgehead atoms. The number of rotatable bonds is 6. The van der Waals surface area contributed by atoms with Crippen LogP contribution in [0.4, 0.5) is 14.5 Å². The maximum absolute atomic E-state index is 13.5. The summed E-state index contributed by atoms with van der Waals surface area (Å²) in [5.41, 5.74) is 3.12. The normalized spacial score (nSPS) is 17.2. The van der Waals surface area contributed by atoms with Gasteiger partial charge in [0.15, 0.2) is 11.6 Å². The molecule has 0 radical (unpaired) electrons. The number of halogens is 2. The van der Waals surface area contributed by atoms with Crippen LogP contribution in [0.15, 0.2) is 36.2 Å². The number of ketones is 2. The van der Waals surface area contributed by atoms with E-state index in [2.05, 4.69) is 19.8 Å². The van der Waals surface area contributed by atoms with Gasteiger partial charge < -0.3 is 4.90 Å². The molecule has 0 unspecified atom stereocenters. The van der Waals surface area contributed by atoms with Crippen molar-refractivity contribution in [2.75, 3.05) is 31.1 Å². The highest BCUT2D eigenvalue weighted by molar-refractivity contribution is 6.06. The predicted octanol–water partition coefficient (Wildman–Crippen LogP) is 3.56. The Hall–Kier alpha value is -3.00. The average molecular weight is 440 g/mol. The number of hydrogen-bond acceptors (Lipinski definition) is 6. The molecule has 2 aromatic rings. The third-order valence-electron chi connectivity index (χ3n) is 6.17. The minimum Gasteiger partial charge on any atom is -0.368 e. The summed E-state index contributed by atoms with van der Waals surface area (Å²) in [6, 6.07) is 5.55. The molecule has 6 nitrogen and oxygen atoms in total. The van der Waals surface area contributed by atoms with Crippen LogP contribution in [0.1, 0.15) is 47.6 Å². The monoisotopic (exact) mass is 440 g/mol. The molecule has 3 heterocycles. The van der Waals surface area contributed by atoms with Crippen LogP contribution in [0, 0.1) is 0 Å². The van der Waals surface area contributed by atoms with Crippen molar-refractivity contribution in [3.05, 3.63) is 58.7 Å². The Morgan fingerprint density at radius 2 is 1.88 bits per heavy atom. The molecule has 32 heavy (non-hydrogen) atoms. The van der Waals surface area contributed by atoms with E-state index in [9.17, 15) is 18.4 Å². The SMILES string of the molecule is CCC(=O)c1ccc(N2CCN(Cc3cnc4c(c3)CC(=O)C(C)=C4C(F)F)CC2)cn1. The van der Waals surface area contributed by atoms with E-state index in [1.165, 1.54) is 6.92 Å². The molecule has 1 fully saturated rings. The molecule has 1 aliphatic heterocycles. The van der Waals surface area contributed by atoms with Crippen LogP contribution in [0.3, 0.4) is 0 Å². The largest absolute Gasteiger partial charge is 0.368 e. The number of anilines is 1. The van der Waals surface area contributed by atoms with E-state index in [-0.39, 0.29) is 34.8 Å². The highest BCUT2D eigenvalue weighted by Crippen LogP contribution is 2.33. The van der Waals surface area contributed by atoms with Gasteiger partial charge in [0, 0.05) is 57.3 Å². The molecule has 2 aromatic heterocycles. The first-order valence-corrected chi connectivity index (χ1v) is 10.8. The standard InChI is InChI=1S/C24H26F2N4O2/c1-3-20(31)19-5-4-18(13-27-19)30-8-6-29(7-9-30)14-16-10-17-11-21(32)15(2)22(24(25)26)23(17)28-12-16/h4-5,10,12-13,24H,3,6-9,11,14H2,1-2H3. The highest BCUT2D eigenvalue weighted by Gasteiger charge is 2.29. The summed E-state index contributed by atoms with van der Waals surface area (Å²) in [7, 11) is 0. The lowest BCUT2D eigenvalue weighted by Gasteiger charge is -2.36. The average Bonchev–Trinajstić information content (AvgIpc) is 2.80. The van der Waals surface area contributed by atoms with Gasteiger partial charge in [0.05, 0.1) is 23.2 Å². The number of pyridine rings is 2. The Morgan fingerprint density at radius 3 is 2.50 bits per heavy atom. The van der Waals surface area contributed by atoms with Crippen molar-refractivity contribution >= 4 is 22.8 Å². The fourth-order valence-corrected chi connectivity index (χ4v) is 4.27. The Morgan fingerprint density at radius 1 is 1.12 bits per heavy atom. The Bertz CT molecular complexity index is 1060. The summed E-state index contributed by atoms with van der Waals surface area (Å²) in [6.45, 7) is 7.21. The van der Waals surface area contributed by atoms with Gasteiger partial charge in [0.1, 0.15) is 5.69 Å². The van der Waals surface area contributed by atoms with Gasteiger partial charge in [-0.1, -0.05) is 13.0 Å². The quantitative estimate of drug-likeness (QED) is 0.640. The number of carbonyl (C=O) groups is 2. The molecule has 0 atom stereocenters. The first-order valence-electron chi connectivity index (χ1n) is 10.8. The van der Waals surface area contributed by atoms with Gasteiger partial charge >= 0.3 is 0 Å². The topological polar surface area (TPSA) is 66.4 Å². The molecule has 0 saturated carbocycles. The molecule has 0 aromatic carbocycles. The van der Waals surface area contributed by atoms with Crippen LogP contribution in [0.2, 0.25) is 0 Å². The van der Waals surface area contributed by atoms with E-state index in [4.69, 9.17) is 0 Å². The first-order chi connectivity index (χ1) is 15.4. The van der Waals surface area contributed by atoms with Crippen molar-refractivity contribution in [1.82, 2.24) is 14.9 Å². The third-order valence-corrected chi connectivity index (χ3v) is 6.17. The van der Waals surface area contributed by atoms with E-state index in [0.717, 1.165) is 37.4 Å². The molecule has 4 rings (SSSR count). The van der Waals surface area contributed by atoms with Crippen LogP contribution in [-0.2, 0) is 17.8 Å². The van der Waals surface area contributed by atoms with E-state index in [0.29, 0.717) is 24.2 Å². The number of hydrogen-bond donors (Lipinski definition) is 0. The molecule has 1 saturated heterocycles. The van der Waals surface area contributed by atoms with Crippen molar-refractivity contribution in [3.63, 3.8) is 0 Å². The summed E-state index contributed by atoms with van der Waals surface area (Å²) in [5.74, 6) is -0.228. The van der Waals surface area contributed by atoms with Crippen molar-refractivity contribution in [2.24, 2.45) is 0 Å². The number of allylic oxidation sites excluding steroid dienone is 2. The predicted molar refractivity (Wildman–Crippen MR) is 118 cm³/mol. The summed E-state index contributed by atoms with van der Waals surface area (Å²) in [4.78, 5) is 37.0. The molecule has 8 heteroatoms. The number of aromatic nitrogens is 2. The van der Waals surface area contributed by atoms with Gasteiger partial charge in [-0.2, -0.15) is 0 Å². The lowest BCUT2D eigenvalue weighted by Crippen LogP contribution is -2.46. The Balaban J connectivity index is 1.39. The number of nitrogens with zero attached hydrogens (tertiary/aromatic N) is 4. The van der Waals surface area contributed by atoms with Crippen LogP contribution in [0.5, 0.6) is 0 Å². The molecule has 168 valence electrons. The van der Waals surface area contributed by atoms with Gasteiger partial charge in [-0.15, -0.1) is 0 Å². The van der Waals surface area contributed by atoms with E-state index in [1.54, 1.807) is 18.5 Å². The zero-order chi connectivity index (χ0) is 22.8. The number of carbonyl (C=O) groups excluding carboxylic acids is 2. The molecule has 2 aliphatic rings. The van der Waals surface area contributed by atoms with Gasteiger partial charge in [-0.25, -0.2) is 8.78 Å². The molecule has 0 spiro atoms. The molecule has 0 amide bonds. The molecular weight excluding hydrogens is 414 g/mol. The summed E-state index contributed by atoms with van der Waals surface area (Å²) >= 11 is 0. The number of alkyl halides is 2. The van der Waals surface area contributed by atoms with Crippen LogP contribution in [0.25, 0.3) is 5.57 Å². The maximum Gasteiger partial charge on any atom is 0.266 e. The van der Waals surface area contributed by atoms with Crippen LogP contribution in [-0.4, -0.2) is 59.0 Å². The highest BCUT2D eigenvalue weighted by atomic mass is 19.3. The van der Waals surface area contributed by atoms with Crippen LogP contribution >= 0.6 is 0 Å². The second kappa shape index (κ2) is 9.24. The fraction of sp³-hybridized carbons (Fsp3) is 0.417. The molecule has 1 aliphatic carbocycles. The van der Waals surface area contributed by atoms with Crippen molar-refractivity contribution in [1.29, 1.82) is 0 Å². The van der Waals surface area contributed by atoms with Crippen LogP contribution < -0.4 is 4.90 Å². The third kappa shape index (κ3) is 4.46. The lowest BCUT2D eigenvalue weighted by molar-refractivity contribution is -0.115. The first kappa shape index (κ1) is 22.2. The van der Waals surface area contributed by atoms with E-state index < -0.39 is 6.43 Å². The van der Waals surface area contributed by atoms with Gasteiger partial charge in [-0.05, 0) is 30.2 Å². The maximum atomic E-state index is 13.5. The second-order valence-electron chi connectivity index (χ2n) is 8.23. The second-order valence-corrected chi connectivity index (χ2v) is 8.23. The lowest BCUT2D eigenvalue weighted by atomic mass is 9.88. The number of fused-ring (bicyclic) bond motifs is 1. The molecule has 0 N–H and O–H groups in total. The summed E-state index contributed by atoms with van der Waals surface area (Å²) in [5, 5.41) is 0.